The summed E-state index contributed by atoms with van der Waals surface area (Å²) in [4.78, 5) is 4.29. The van der Waals surface area contributed by atoms with Crippen molar-refractivity contribution in [3.63, 3.8) is 0 Å². The Morgan fingerprint density at radius 3 is 2.89 bits per heavy atom. The van der Waals surface area contributed by atoms with Gasteiger partial charge < -0.3 is 9.84 Å². The molecule has 1 N–H and O–H groups in total. The summed E-state index contributed by atoms with van der Waals surface area (Å²) in [5.74, 6) is 0.449. The lowest BCUT2D eigenvalue weighted by atomic mass is 10.1. The molecule has 2 rings (SSSR count). The molecule has 0 aliphatic carbocycles. The van der Waals surface area contributed by atoms with Gasteiger partial charge in [-0.2, -0.15) is 5.26 Å². The number of allylic oxidation sites excluding steroid dienone is 1. The molecule has 0 saturated heterocycles. The number of aryl methyl sites for hydroxylation is 1. The van der Waals surface area contributed by atoms with Gasteiger partial charge in [-0.05, 0) is 30.7 Å². The predicted molar refractivity (Wildman–Crippen MR) is 75.0 cm³/mol. The fourth-order valence-electron chi connectivity index (χ4n) is 1.57. The number of benzene rings is 1. The number of methoxy groups -OCH3 is 1. The van der Waals surface area contributed by atoms with Crippen LogP contribution in [-0.4, -0.2) is 17.2 Å². The van der Waals surface area contributed by atoms with Gasteiger partial charge in [-0.1, -0.05) is 6.07 Å². The molecule has 1 aromatic heterocycles. The number of phenolic OH excluding ortho intramolecular Hbond substituents is 1. The number of aromatic hydroxyl groups is 1. The second kappa shape index (κ2) is 5.55. The molecular formula is C14H12N2O2S. The van der Waals surface area contributed by atoms with E-state index in [1.807, 2.05) is 12.3 Å². The van der Waals surface area contributed by atoms with Gasteiger partial charge >= 0.3 is 0 Å². The molecule has 96 valence electrons. The number of thiazole rings is 1. The number of ether oxygens (including phenoxy) is 1. The monoisotopic (exact) mass is 272 g/mol. The van der Waals surface area contributed by atoms with Crippen LogP contribution in [0.5, 0.6) is 11.5 Å². The normalized spacial score (nSPS) is 11.1. The molecule has 5 heteroatoms. The molecule has 2 aromatic rings. The average molecular weight is 272 g/mol. The zero-order valence-electron chi connectivity index (χ0n) is 10.5. The number of phenols is 1. The van der Waals surface area contributed by atoms with Crippen LogP contribution in [0.15, 0.2) is 23.6 Å². The van der Waals surface area contributed by atoms with Gasteiger partial charge in [-0.25, -0.2) is 4.98 Å². The van der Waals surface area contributed by atoms with Crippen molar-refractivity contribution in [3.05, 3.63) is 39.8 Å². The van der Waals surface area contributed by atoms with Crippen molar-refractivity contribution in [1.82, 2.24) is 4.98 Å². The van der Waals surface area contributed by atoms with Crippen molar-refractivity contribution in [3.8, 4) is 17.6 Å². The Hall–Kier alpha value is -2.32. The van der Waals surface area contributed by atoms with Crippen molar-refractivity contribution in [2.45, 2.75) is 6.92 Å². The molecule has 0 aliphatic rings. The first kappa shape index (κ1) is 13.1. The fourth-order valence-corrected chi connectivity index (χ4v) is 2.33. The lowest BCUT2D eigenvalue weighted by Crippen LogP contribution is -1.85. The van der Waals surface area contributed by atoms with Gasteiger partial charge in [0, 0.05) is 11.1 Å². The lowest BCUT2D eigenvalue weighted by Gasteiger charge is -2.04. The van der Waals surface area contributed by atoms with E-state index in [1.54, 1.807) is 18.2 Å². The van der Waals surface area contributed by atoms with E-state index in [-0.39, 0.29) is 5.75 Å². The predicted octanol–water partition coefficient (Wildman–Crippen LogP) is 3.23. The van der Waals surface area contributed by atoms with Crippen LogP contribution in [0.4, 0.5) is 0 Å². The molecular weight excluding hydrogens is 260 g/mol. The second-order valence-corrected chi connectivity index (χ2v) is 4.75. The molecule has 0 fully saturated rings. The number of rotatable bonds is 3. The van der Waals surface area contributed by atoms with Crippen LogP contribution >= 0.6 is 11.3 Å². The van der Waals surface area contributed by atoms with Crippen LogP contribution in [0.25, 0.3) is 11.6 Å². The Morgan fingerprint density at radius 1 is 1.53 bits per heavy atom. The quantitative estimate of drug-likeness (QED) is 0.871. The van der Waals surface area contributed by atoms with Crippen molar-refractivity contribution in [2.75, 3.05) is 7.11 Å². The van der Waals surface area contributed by atoms with E-state index in [0.717, 1.165) is 11.3 Å². The smallest absolute Gasteiger partial charge is 0.161 e. The summed E-state index contributed by atoms with van der Waals surface area (Å²) in [6.45, 7) is 1.89. The first-order chi connectivity index (χ1) is 9.13. The molecule has 0 saturated carbocycles. The molecule has 0 bridgehead atoms. The van der Waals surface area contributed by atoms with Crippen molar-refractivity contribution < 1.29 is 9.84 Å². The summed E-state index contributed by atoms with van der Waals surface area (Å²) in [5.41, 5.74) is 2.16. The minimum Gasteiger partial charge on any atom is -0.504 e. The maximum Gasteiger partial charge on any atom is 0.161 e. The van der Waals surface area contributed by atoms with E-state index in [2.05, 4.69) is 11.1 Å². The molecule has 0 atom stereocenters. The largest absolute Gasteiger partial charge is 0.504 e. The van der Waals surface area contributed by atoms with Crippen molar-refractivity contribution >= 4 is 23.0 Å². The van der Waals surface area contributed by atoms with Gasteiger partial charge in [0.05, 0.1) is 12.7 Å². The van der Waals surface area contributed by atoms with Gasteiger partial charge in [-0.3, -0.25) is 0 Å². The maximum absolute atomic E-state index is 9.53. The van der Waals surface area contributed by atoms with E-state index < -0.39 is 0 Å². The average Bonchev–Trinajstić information content (AvgIpc) is 2.84. The zero-order valence-corrected chi connectivity index (χ0v) is 11.4. The Balaban J connectivity index is 2.41. The standard InChI is InChI=1S/C14H12N2O2S/c1-9-8-19-14(16-9)11(7-15)5-10-3-4-12(17)13(6-10)18-2/h3-6,8,17H,1-2H3/b11-5+. The number of nitrogens with zero attached hydrogens (tertiary/aromatic N) is 2. The molecule has 19 heavy (non-hydrogen) atoms. The van der Waals surface area contributed by atoms with Gasteiger partial charge in [0.25, 0.3) is 0 Å². The van der Waals surface area contributed by atoms with Gasteiger partial charge in [0.15, 0.2) is 11.5 Å². The third-order valence-electron chi connectivity index (χ3n) is 2.48. The Bertz CT molecular complexity index is 668. The van der Waals surface area contributed by atoms with Gasteiger partial charge in [0.2, 0.25) is 0 Å². The zero-order chi connectivity index (χ0) is 13.8. The summed E-state index contributed by atoms with van der Waals surface area (Å²) in [6.07, 6.45) is 1.72. The second-order valence-electron chi connectivity index (χ2n) is 3.90. The van der Waals surface area contributed by atoms with Crippen LogP contribution in [-0.2, 0) is 0 Å². The summed E-state index contributed by atoms with van der Waals surface area (Å²) in [7, 11) is 1.48. The molecule has 0 radical (unpaired) electrons. The summed E-state index contributed by atoms with van der Waals surface area (Å²) in [6, 6.07) is 7.06. The first-order valence-corrected chi connectivity index (χ1v) is 6.43. The highest BCUT2D eigenvalue weighted by molar-refractivity contribution is 7.11. The minimum absolute atomic E-state index is 0.0725. The van der Waals surface area contributed by atoms with Crippen molar-refractivity contribution in [1.29, 1.82) is 5.26 Å². The summed E-state index contributed by atoms with van der Waals surface area (Å²) in [5, 5.41) is 21.3. The minimum atomic E-state index is 0.0725. The lowest BCUT2D eigenvalue weighted by molar-refractivity contribution is 0.373. The molecule has 0 aliphatic heterocycles. The fraction of sp³-hybridized carbons (Fsp3) is 0.143. The first-order valence-electron chi connectivity index (χ1n) is 5.55. The molecule has 4 nitrogen and oxygen atoms in total. The van der Waals surface area contributed by atoms with E-state index >= 15 is 0 Å². The van der Waals surface area contributed by atoms with Crippen LogP contribution in [0.1, 0.15) is 16.3 Å². The topological polar surface area (TPSA) is 66.1 Å². The Labute approximate surface area is 115 Å². The van der Waals surface area contributed by atoms with Gasteiger partial charge in [0.1, 0.15) is 11.1 Å². The van der Waals surface area contributed by atoms with Crippen LogP contribution < -0.4 is 4.74 Å². The maximum atomic E-state index is 9.53. The molecule has 1 heterocycles. The van der Waals surface area contributed by atoms with Gasteiger partial charge in [-0.15, -0.1) is 11.3 Å². The highest BCUT2D eigenvalue weighted by Crippen LogP contribution is 2.28. The number of hydrogen-bond acceptors (Lipinski definition) is 5. The highest BCUT2D eigenvalue weighted by atomic mass is 32.1. The number of aromatic nitrogens is 1. The third-order valence-corrected chi connectivity index (χ3v) is 3.48. The number of hydrogen-bond donors (Lipinski definition) is 1. The van der Waals surface area contributed by atoms with Crippen LogP contribution in [0.3, 0.4) is 0 Å². The van der Waals surface area contributed by atoms with Crippen LogP contribution in [0.2, 0.25) is 0 Å². The Kier molecular flexibility index (Phi) is 3.83. The molecule has 0 unspecified atom stereocenters. The van der Waals surface area contributed by atoms with Crippen LogP contribution in [0, 0.1) is 18.3 Å². The molecule has 1 aromatic carbocycles. The van der Waals surface area contributed by atoms with E-state index in [9.17, 15) is 10.4 Å². The Morgan fingerprint density at radius 2 is 2.32 bits per heavy atom. The van der Waals surface area contributed by atoms with Crippen molar-refractivity contribution in [2.24, 2.45) is 0 Å². The van der Waals surface area contributed by atoms with E-state index in [1.165, 1.54) is 24.5 Å². The highest BCUT2D eigenvalue weighted by Gasteiger charge is 2.07. The van der Waals surface area contributed by atoms with E-state index in [4.69, 9.17) is 4.74 Å². The SMILES string of the molecule is COc1cc(/C=C(\C#N)c2nc(C)cs2)ccc1O. The number of nitriles is 1. The van der Waals surface area contributed by atoms with E-state index in [0.29, 0.717) is 16.3 Å². The molecule has 0 spiro atoms. The summed E-state index contributed by atoms with van der Waals surface area (Å²) >= 11 is 1.43. The molecule has 0 amide bonds. The third kappa shape index (κ3) is 2.92. The summed E-state index contributed by atoms with van der Waals surface area (Å²) < 4.78 is 5.04.